The van der Waals surface area contributed by atoms with Gasteiger partial charge in [0.05, 0.1) is 31.3 Å². The Bertz CT molecular complexity index is 1090. The molecule has 1 N–H and O–H groups in total. The zero-order valence-electron chi connectivity index (χ0n) is 21.5. The Balaban J connectivity index is 1.60. The summed E-state index contributed by atoms with van der Waals surface area (Å²) in [6.45, 7) is 4.56. The highest BCUT2D eigenvalue weighted by Gasteiger charge is 2.72. The van der Waals surface area contributed by atoms with Crippen LogP contribution in [0.5, 0.6) is 0 Å². The molecule has 2 saturated heterocycles. The van der Waals surface area contributed by atoms with E-state index in [1.807, 2.05) is 68.5 Å². The lowest BCUT2D eigenvalue weighted by atomic mass is 9.78. The summed E-state index contributed by atoms with van der Waals surface area (Å²) in [5.41, 5.74) is -0.350. The van der Waals surface area contributed by atoms with Gasteiger partial charge >= 0.3 is 5.97 Å². The van der Waals surface area contributed by atoms with Crippen molar-refractivity contribution in [2.45, 2.75) is 63.4 Å². The van der Waals surface area contributed by atoms with Crippen LogP contribution in [0.25, 0.3) is 0 Å². The van der Waals surface area contributed by atoms with Crippen LogP contribution in [-0.4, -0.2) is 76.2 Å². The van der Waals surface area contributed by atoms with Gasteiger partial charge in [0.1, 0.15) is 17.6 Å². The van der Waals surface area contributed by atoms with E-state index in [9.17, 15) is 19.5 Å². The van der Waals surface area contributed by atoms with Crippen LogP contribution in [-0.2, 0) is 30.4 Å². The summed E-state index contributed by atoms with van der Waals surface area (Å²) in [6, 6.07) is 8.11. The van der Waals surface area contributed by atoms with Gasteiger partial charge in [0.15, 0.2) is 0 Å². The first-order valence-electron chi connectivity index (χ1n) is 13.3. The van der Waals surface area contributed by atoms with E-state index in [-0.39, 0.29) is 24.3 Å². The van der Waals surface area contributed by atoms with E-state index in [0.29, 0.717) is 19.7 Å². The van der Waals surface area contributed by atoms with E-state index < -0.39 is 41.6 Å². The standard InChI is InChI=1S/C29H36N2O6/c1-19(2)21(18-32)31-25-27(34)30(17-20-11-6-5-7-12-20)15-10-14-29(25)24(26(31)33)23-22(37-29)13-8-3-4-9-16-36-28(23)35/h5-8,10-14,19,21-25,32H,3-4,9,15-18H2,1-2H3/b13-8-/t21-,22-,23+,24-,25?,29-/m0/s1. The first-order chi connectivity index (χ1) is 17.9. The number of cyclic esters (lactones) is 1. The van der Waals surface area contributed by atoms with Crippen LogP contribution in [0.2, 0.25) is 0 Å². The number of nitrogens with zero attached hydrogens (tertiary/aromatic N) is 2. The van der Waals surface area contributed by atoms with Gasteiger partial charge in [-0.25, -0.2) is 0 Å². The molecule has 2 amide bonds. The Kier molecular flexibility index (Phi) is 7.23. The van der Waals surface area contributed by atoms with E-state index in [1.54, 1.807) is 4.90 Å². The fourth-order valence-electron chi connectivity index (χ4n) is 6.33. The molecule has 8 heteroatoms. The second-order valence-electron chi connectivity index (χ2n) is 10.8. The van der Waals surface area contributed by atoms with Crippen molar-refractivity contribution in [3.8, 4) is 0 Å². The van der Waals surface area contributed by atoms with E-state index in [0.717, 1.165) is 24.8 Å². The van der Waals surface area contributed by atoms with Crippen LogP contribution in [0.1, 0.15) is 38.7 Å². The average molecular weight is 509 g/mol. The van der Waals surface area contributed by atoms with Crippen LogP contribution < -0.4 is 0 Å². The third-order valence-electron chi connectivity index (χ3n) is 8.15. The lowest BCUT2D eigenvalue weighted by Gasteiger charge is -2.39. The Morgan fingerprint density at radius 3 is 2.59 bits per heavy atom. The molecule has 1 unspecified atom stereocenters. The summed E-state index contributed by atoms with van der Waals surface area (Å²) < 4.78 is 12.2. The molecule has 37 heavy (non-hydrogen) atoms. The number of carbonyl (C=O) groups excluding carboxylic acids is 3. The SMILES string of the molecule is CC(C)[C@H](CO)N1C(=O)[C@@H]2[C@@H]3C(=O)OCCCC/C=C\[C@@H]3O[C@@]23C=CCN(Cc2ccccc2)C(=O)C13. The van der Waals surface area contributed by atoms with Crippen molar-refractivity contribution in [2.24, 2.45) is 17.8 Å². The molecule has 6 atom stereocenters. The van der Waals surface area contributed by atoms with Gasteiger partial charge in [0.2, 0.25) is 11.8 Å². The predicted molar refractivity (Wildman–Crippen MR) is 136 cm³/mol. The van der Waals surface area contributed by atoms with Crippen LogP contribution >= 0.6 is 0 Å². The van der Waals surface area contributed by atoms with Gasteiger partial charge in [-0.15, -0.1) is 0 Å². The average Bonchev–Trinajstić information content (AvgIpc) is 3.27. The lowest BCUT2D eigenvalue weighted by Crippen LogP contribution is -2.59. The third-order valence-corrected chi connectivity index (χ3v) is 8.15. The Hall–Kier alpha value is -2.97. The number of fused-ring (bicyclic) bond motifs is 2. The maximum Gasteiger partial charge on any atom is 0.312 e. The lowest BCUT2D eigenvalue weighted by molar-refractivity contribution is -0.157. The van der Waals surface area contributed by atoms with Gasteiger partial charge in [-0.3, -0.25) is 14.4 Å². The zero-order chi connectivity index (χ0) is 26.2. The monoisotopic (exact) mass is 508 g/mol. The quantitative estimate of drug-likeness (QED) is 0.485. The van der Waals surface area contributed by atoms with E-state index in [2.05, 4.69) is 0 Å². The Morgan fingerprint density at radius 1 is 1.08 bits per heavy atom. The number of esters is 1. The molecule has 2 fully saturated rings. The molecule has 1 spiro atoms. The van der Waals surface area contributed by atoms with Crippen molar-refractivity contribution in [3.63, 3.8) is 0 Å². The molecule has 0 aromatic heterocycles. The summed E-state index contributed by atoms with van der Waals surface area (Å²) in [5, 5.41) is 10.3. The van der Waals surface area contributed by atoms with Crippen LogP contribution in [0.3, 0.4) is 0 Å². The number of carbonyl (C=O) groups is 3. The van der Waals surface area contributed by atoms with Crippen molar-refractivity contribution in [1.29, 1.82) is 0 Å². The minimum atomic E-state index is -1.32. The van der Waals surface area contributed by atoms with Crippen LogP contribution in [0, 0.1) is 17.8 Å². The fourth-order valence-corrected chi connectivity index (χ4v) is 6.33. The molecular weight excluding hydrogens is 472 g/mol. The molecule has 4 aliphatic rings. The molecule has 4 aliphatic heterocycles. The summed E-state index contributed by atoms with van der Waals surface area (Å²) in [7, 11) is 0. The van der Waals surface area contributed by atoms with E-state index in [4.69, 9.17) is 9.47 Å². The Labute approximate surface area is 217 Å². The van der Waals surface area contributed by atoms with Crippen molar-refractivity contribution in [2.75, 3.05) is 19.8 Å². The molecule has 8 nitrogen and oxygen atoms in total. The van der Waals surface area contributed by atoms with Crippen molar-refractivity contribution in [1.82, 2.24) is 9.80 Å². The molecule has 4 heterocycles. The number of amides is 2. The number of aliphatic hydroxyl groups excluding tert-OH is 1. The summed E-state index contributed by atoms with van der Waals surface area (Å²) in [5.74, 6) is -2.94. The van der Waals surface area contributed by atoms with Crippen LogP contribution in [0.4, 0.5) is 0 Å². The first kappa shape index (κ1) is 25.7. The molecule has 0 aliphatic carbocycles. The third kappa shape index (κ3) is 4.40. The van der Waals surface area contributed by atoms with Gasteiger partial charge in [-0.1, -0.05) is 68.5 Å². The molecule has 5 rings (SSSR count). The highest BCUT2D eigenvalue weighted by atomic mass is 16.6. The molecule has 1 aromatic rings. The highest BCUT2D eigenvalue weighted by Crippen LogP contribution is 2.54. The molecule has 0 saturated carbocycles. The number of hydrogen-bond donors (Lipinski definition) is 1. The number of hydrogen-bond acceptors (Lipinski definition) is 6. The maximum atomic E-state index is 14.3. The number of benzene rings is 1. The topological polar surface area (TPSA) is 96.4 Å². The molecule has 0 radical (unpaired) electrons. The van der Waals surface area contributed by atoms with Gasteiger partial charge in [-0.2, -0.15) is 0 Å². The first-order valence-corrected chi connectivity index (χ1v) is 13.3. The smallest absolute Gasteiger partial charge is 0.312 e. The molecule has 198 valence electrons. The van der Waals surface area contributed by atoms with Gasteiger partial charge < -0.3 is 24.4 Å². The van der Waals surface area contributed by atoms with Crippen LogP contribution in [0.15, 0.2) is 54.6 Å². The summed E-state index contributed by atoms with van der Waals surface area (Å²) in [4.78, 5) is 45.1. The van der Waals surface area contributed by atoms with Gasteiger partial charge in [0.25, 0.3) is 0 Å². The number of aliphatic hydroxyl groups is 1. The molecular formula is C29H36N2O6. The number of ether oxygens (including phenoxy) is 2. The van der Waals surface area contributed by atoms with Gasteiger partial charge in [0, 0.05) is 13.1 Å². The summed E-state index contributed by atoms with van der Waals surface area (Å²) in [6.07, 6.45) is 9.35. The van der Waals surface area contributed by atoms with E-state index >= 15 is 0 Å². The van der Waals surface area contributed by atoms with E-state index in [1.165, 1.54) is 4.90 Å². The zero-order valence-corrected chi connectivity index (χ0v) is 21.5. The normalized spacial score (nSPS) is 33.5. The number of rotatable bonds is 5. The second kappa shape index (κ2) is 10.4. The van der Waals surface area contributed by atoms with Crippen molar-refractivity contribution in [3.05, 3.63) is 60.2 Å². The highest BCUT2D eigenvalue weighted by molar-refractivity contribution is 5.99. The predicted octanol–water partition coefficient (Wildman–Crippen LogP) is 2.47. The summed E-state index contributed by atoms with van der Waals surface area (Å²) >= 11 is 0. The minimum absolute atomic E-state index is 0.112. The Morgan fingerprint density at radius 2 is 1.86 bits per heavy atom. The van der Waals surface area contributed by atoms with Gasteiger partial charge in [-0.05, 0) is 30.7 Å². The van der Waals surface area contributed by atoms with Crippen molar-refractivity contribution >= 4 is 17.8 Å². The number of likely N-dealkylation sites (tertiary alicyclic amines) is 1. The minimum Gasteiger partial charge on any atom is -0.465 e. The molecule has 1 aromatic carbocycles. The van der Waals surface area contributed by atoms with Crippen molar-refractivity contribution < 1.29 is 29.0 Å². The largest absolute Gasteiger partial charge is 0.465 e. The fraction of sp³-hybridized carbons (Fsp3) is 0.552. The maximum absolute atomic E-state index is 14.3. The second-order valence-corrected chi connectivity index (χ2v) is 10.8. The number of allylic oxidation sites excluding steroid dienone is 1. The molecule has 0 bridgehead atoms.